The Hall–Kier alpha value is -1.32. The van der Waals surface area contributed by atoms with E-state index in [1.54, 1.807) is 11.3 Å². The van der Waals surface area contributed by atoms with Gasteiger partial charge >= 0.3 is 0 Å². The van der Waals surface area contributed by atoms with Crippen LogP contribution in [-0.2, 0) is 19.4 Å². The highest BCUT2D eigenvalue weighted by molar-refractivity contribution is 7.10. The van der Waals surface area contributed by atoms with Gasteiger partial charge in [-0.15, -0.1) is 11.3 Å². The number of amides is 1. The summed E-state index contributed by atoms with van der Waals surface area (Å²) >= 11 is 7.84. The van der Waals surface area contributed by atoms with Crippen LogP contribution in [0, 0.1) is 5.92 Å². The van der Waals surface area contributed by atoms with E-state index in [9.17, 15) is 4.79 Å². The third-order valence-corrected chi connectivity index (χ3v) is 5.46. The lowest BCUT2D eigenvalue weighted by Gasteiger charge is -2.18. The second-order valence-corrected chi connectivity index (χ2v) is 7.04. The van der Waals surface area contributed by atoms with Crippen molar-refractivity contribution >= 4 is 28.8 Å². The summed E-state index contributed by atoms with van der Waals surface area (Å²) in [6.45, 7) is 2.75. The minimum atomic E-state index is 0.0157. The molecule has 0 saturated carbocycles. The van der Waals surface area contributed by atoms with Crippen molar-refractivity contribution in [2.45, 2.75) is 32.7 Å². The summed E-state index contributed by atoms with van der Waals surface area (Å²) in [5.74, 6) is 0.747. The van der Waals surface area contributed by atoms with Crippen LogP contribution in [0.4, 0.5) is 0 Å². The second kappa shape index (κ2) is 6.20. The van der Waals surface area contributed by atoms with E-state index in [-0.39, 0.29) is 5.91 Å². The fourth-order valence-corrected chi connectivity index (χ4v) is 4.23. The molecule has 0 aliphatic heterocycles. The molecule has 1 aromatic heterocycles. The number of halogens is 1. The Morgan fingerprint density at radius 1 is 1.43 bits per heavy atom. The zero-order valence-corrected chi connectivity index (χ0v) is 13.6. The molecule has 0 spiro atoms. The average Bonchev–Trinajstić information content (AvgIpc) is 2.89. The smallest absolute Gasteiger partial charge is 0.252 e. The van der Waals surface area contributed by atoms with Gasteiger partial charge in [0.05, 0.1) is 5.56 Å². The fourth-order valence-electron chi connectivity index (χ4n) is 2.78. The number of nitrogens with one attached hydrogen (secondary N) is 1. The Kier molecular flexibility index (Phi) is 4.32. The molecule has 21 heavy (non-hydrogen) atoms. The van der Waals surface area contributed by atoms with Gasteiger partial charge in [0, 0.05) is 21.8 Å². The molecule has 4 heteroatoms. The maximum absolute atomic E-state index is 12.4. The van der Waals surface area contributed by atoms with Crippen LogP contribution in [0.2, 0.25) is 5.02 Å². The Labute approximate surface area is 134 Å². The van der Waals surface area contributed by atoms with Crippen LogP contribution in [0.1, 0.15) is 39.7 Å². The lowest BCUT2D eigenvalue weighted by molar-refractivity contribution is 0.0950. The normalized spacial score (nSPS) is 17.3. The fraction of sp³-hybridized carbons (Fsp3) is 0.353. The lowest BCUT2D eigenvalue weighted by atomic mass is 9.88. The number of thiophene rings is 1. The van der Waals surface area contributed by atoms with Crippen molar-refractivity contribution in [2.75, 3.05) is 0 Å². The molecule has 1 unspecified atom stereocenters. The van der Waals surface area contributed by atoms with E-state index in [1.165, 1.54) is 16.9 Å². The minimum Gasteiger partial charge on any atom is -0.348 e. The third kappa shape index (κ3) is 3.14. The Morgan fingerprint density at radius 2 is 2.24 bits per heavy atom. The van der Waals surface area contributed by atoms with Gasteiger partial charge in [-0.05, 0) is 42.4 Å². The van der Waals surface area contributed by atoms with Gasteiger partial charge in [0.2, 0.25) is 0 Å². The molecule has 1 heterocycles. The van der Waals surface area contributed by atoms with Crippen molar-refractivity contribution in [1.82, 2.24) is 5.32 Å². The summed E-state index contributed by atoms with van der Waals surface area (Å²) < 4.78 is 0. The number of carbonyl (C=O) groups excluding carboxylic acids is 1. The van der Waals surface area contributed by atoms with E-state index in [4.69, 9.17) is 11.6 Å². The van der Waals surface area contributed by atoms with Crippen molar-refractivity contribution < 1.29 is 4.79 Å². The van der Waals surface area contributed by atoms with Crippen molar-refractivity contribution in [3.63, 3.8) is 0 Å². The summed E-state index contributed by atoms with van der Waals surface area (Å²) in [7, 11) is 0. The third-order valence-electron chi connectivity index (χ3n) is 4.04. The van der Waals surface area contributed by atoms with Crippen LogP contribution in [0.25, 0.3) is 0 Å². The number of benzene rings is 1. The van der Waals surface area contributed by atoms with Gasteiger partial charge in [-0.25, -0.2) is 0 Å². The van der Waals surface area contributed by atoms with Crippen LogP contribution in [-0.4, -0.2) is 5.91 Å². The van der Waals surface area contributed by atoms with Crippen LogP contribution >= 0.6 is 22.9 Å². The first-order valence-electron chi connectivity index (χ1n) is 7.26. The largest absolute Gasteiger partial charge is 0.348 e. The van der Waals surface area contributed by atoms with Crippen molar-refractivity contribution in [1.29, 1.82) is 0 Å². The molecule has 1 aromatic carbocycles. The highest BCUT2D eigenvalue weighted by Crippen LogP contribution is 2.32. The molecule has 2 aromatic rings. The predicted molar refractivity (Wildman–Crippen MR) is 88.1 cm³/mol. The van der Waals surface area contributed by atoms with E-state index >= 15 is 0 Å². The highest BCUT2D eigenvalue weighted by Gasteiger charge is 2.23. The molecule has 1 aliphatic carbocycles. The van der Waals surface area contributed by atoms with Crippen LogP contribution < -0.4 is 5.32 Å². The number of hydrogen-bond donors (Lipinski definition) is 1. The second-order valence-electron chi connectivity index (χ2n) is 5.67. The average molecular weight is 320 g/mol. The molecule has 1 N–H and O–H groups in total. The maximum Gasteiger partial charge on any atom is 0.252 e. The zero-order chi connectivity index (χ0) is 14.8. The van der Waals surface area contributed by atoms with Crippen molar-refractivity contribution in [3.05, 3.63) is 56.2 Å². The number of rotatable bonds is 3. The van der Waals surface area contributed by atoms with E-state index in [0.717, 1.165) is 29.9 Å². The summed E-state index contributed by atoms with van der Waals surface area (Å²) in [6.07, 6.45) is 3.31. The molecule has 0 bridgehead atoms. The lowest BCUT2D eigenvalue weighted by Crippen LogP contribution is -2.24. The van der Waals surface area contributed by atoms with E-state index in [1.807, 2.05) is 29.6 Å². The predicted octanol–water partition coefficient (Wildman–Crippen LogP) is 4.46. The zero-order valence-electron chi connectivity index (χ0n) is 12.0. The number of carbonyl (C=O) groups is 1. The molecule has 2 nitrogen and oxygen atoms in total. The van der Waals surface area contributed by atoms with E-state index in [0.29, 0.717) is 11.6 Å². The molecule has 110 valence electrons. The van der Waals surface area contributed by atoms with Crippen molar-refractivity contribution in [2.24, 2.45) is 5.92 Å². The summed E-state index contributed by atoms with van der Waals surface area (Å²) in [6, 6.07) is 7.61. The van der Waals surface area contributed by atoms with Gasteiger partial charge in [-0.2, -0.15) is 0 Å². The molecule has 3 rings (SSSR count). The standard InChI is InChI=1S/C17H18ClNOS/c1-11-6-7-13-14(10-21-16(13)8-11)17(20)19-9-12-4-2-3-5-15(12)18/h2-5,10-11H,6-9H2,1H3,(H,19,20). The number of hydrogen-bond acceptors (Lipinski definition) is 2. The first kappa shape index (κ1) is 14.6. The quantitative estimate of drug-likeness (QED) is 0.889. The molecule has 1 aliphatic rings. The highest BCUT2D eigenvalue weighted by atomic mass is 35.5. The van der Waals surface area contributed by atoms with Gasteiger partial charge in [0.15, 0.2) is 0 Å². The van der Waals surface area contributed by atoms with Crippen LogP contribution in [0.15, 0.2) is 29.6 Å². The Balaban J connectivity index is 1.71. The summed E-state index contributed by atoms with van der Waals surface area (Å²) in [4.78, 5) is 13.8. The first-order chi connectivity index (χ1) is 10.1. The molecule has 0 fully saturated rings. The first-order valence-corrected chi connectivity index (χ1v) is 8.51. The van der Waals surface area contributed by atoms with Gasteiger partial charge in [0.25, 0.3) is 5.91 Å². The van der Waals surface area contributed by atoms with Crippen molar-refractivity contribution in [3.8, 4) is 0 Å². The topological polar surface area (TPSA) is 29.1 Å². The molecular weight excluding hydrogens is 302 g/mol. The monoisotopic (exact) mass is 319 g/mol. The van der Waals surface area contributed by atoms with Gasteiger partial charge in [-0.1, -0.05) is 36.7 Å². The molecule has 1 atom stereocenters. The van der Waals surface area contributed by atoms with Gasteiger partial charge in [-0.3, -0.25) is 4.79 Å². The number of fused-ring (bicyclic) bond motifs is 1. The van der Waals surface area contributed by atoms with Crippen LogP contribution in [0.5, 0.6) is 0 Å². The molecule has 1 amide bonds. The summed E-state index contributed by atoms with van der Waals surface area (Å²) in [5, 5.41) is 5.68. The van der Waals surface area contributed by atoms with E-state index < -0.39 is 0 Å². The SMILES string of the molecule is CC1CCc2c(C(=O)NCc3ccccc3Cl)csc2C1. The maximum atomic E-state index is 12.4. The minimum absolute atomic E-state index is 0.0157. The van der Waals surface area contributed by atoms with Gasteiger partial charge < -0.3 is 5.32 Å². The van der Waals surface area contributed by atoms with Crippen LogP contribution in [0.3, 0.4) is 0 Å². The Morgan fingerprint density at radius 3 is 3.05 bits per heavy atom. The van der Waals surface area contributed by atoms with E-state index in [2.05, 4.69) is 12.2 Å². The molecule has 0 saturated heterocycles. The van der Waals surface area contributed by atoms with Gasteiger partial charge in [0.1, 0.15) is 0 Å². The molecular formula is C17H18ClNOS. The summed E-state index contributed by atoms with van der Waals surface area (Å²) in [5.41, 5.74) is 3.06. The Bertz CT molecular complexity index is 665. The molecule has 0 radical (unpaired) electrons.